The van der Waals surface area contributed by atoms with Crippen LogP contribution in [-0.4, -0.2) is 20.6 Å². The monoisotopic (exact) mass is 301 g/mol. The second-order valence-corrected chi connectivity index (χ2v) is 6.49. The number of carbonyl (C=O) groups excluding carboxylic acids is 1. The summed E-state index contributed by atoms with van der Waals surface area (Å²) in [5.41, 5.74) is 1.17. The number of carbonyl (C=O) groups is 1. The summed E-state index contributed by atoms with van der Waals surface area (Å²) in [6.07, 6.45) is 4.14. The van der Waals surface area contributed by atoms with Gasteiger partial charge in [-0.1, -0.05) is 42.5 Å². The quantitative estimate of drug-likeness (QED) is 0.883. The SMILES string of the molecule is CS(=O)(=O)c1ccccc1NC(=O)C=Cc1ccccc1. The Hall–Kier alpha value is -2.40. The average Bonchev–Trinajstić information content (AvgIpc) is 2.46. The predicted octanol–water partition coefficient (Wildman–Crippen LogP) is 2.74. The summed E-state index contributed by atoms with van der Waals surface area (Å²) in [6.45, 7) is 0. The molecule has 0 aliphatic heterocycles. The van der Waals surface area contributed by atoms with Gasteiger partial charge >= 0.3 is 0 Å². The van der Waals surface area contributed by atoms with E-state index in [1.165, 1.54) is 12.1 Å². The second-order valence-electron chi connectivity index (χ2n) is 4.50. The lowest BCUT2D eigenvalue weighted by Crippen LogP contribution is -2.11. The Bertz CT molecular complexity index is 765. The number of nitrogens with one attached hydrogen (secondary N) is 1. The van der Waals surface area contributed by atoms with E-state index in [-0.39, 0.29) is 16.5 Å². The molecule has 0 unspecified atom stereocenters. The lowest BCUT2D eigenvalue weighted by molar-refractivity contribution is -0.111. The maximum Gasteiger partial charge on any atom is 0.248 e. The van der Waals surface area contributed by atoms with Crippen LogP contribution in [0.2, 0.25) is 0 Å². The van der Waals surface area contributed by atoms with Crippen LogP contribution in [0.15, 0.2) is 65.6 Å². The van der Waals surface area contributed by atoms with Gasteiger partial charge in [-0.05, 0) is 23.8 Å². The molecule has 0 aliphatic carbocycles. The zero-order valence-corrected chi connectivity index (χ0v) is 12.3. The fourth-order valence-corrected chi connectivity index (χ4v) is 2.65. The molecule has 0 fully saturated rings. The molecule has 1 amide bonds. The van der Waals surface area contributed by atoms with Gasteiger partial charge in [-0.3, -0.25) is 4.79 Å². The first kappa shape index (κ1) is 15.0. The van der Waals surface area contributed by atoms with Crippen molar-refractivity contribution in [1.29, 1.82) is 0 Å². The third-order valence-electron chi connectivity index (χ3n) is 2.77. The molecule has 0 aromatic heterocycles. The van der Waals surface area contributed by atoms with E-state index in [2.05, 4.69) is 5.32 Å². The summed E-state index contributed by atoms with van der Waals surface area (Å²) < 4.78 is 23.3. The number of amides is 1. The minimum atomic E-state index is -3.39. The molecule has 0 radical (unpaired) electrons. The number of anilines is 1. The highest BCUT2D eigenvalue weighted by atomic mass is 32.2. The van der Waals surface area contributed by atoms with Crippen molar-refractivity contribution in [2.24, 2.45) is 0 Å². The van der Waals surface area contributed by atoms with Crippen LogP contribution in [0, 0.1) is 0 Å². The van der Waals surface area contributed by atoms with Crippen molar-refractivity contribution in [1.82, 2.24) is 0 Å². The zero-order valence-electron chi connectivity index (χ0n) is 11.5. The zero-order chi connectivity index (χ0) is 15.3. The van der Waals surface area contributed by atoms with Crippen molar-refractivity contribution in [3.05, 3.63) is 66.2 Å². The molecular weight excluding hydrogens is 286 g/mol. The highest BCUT2D eigenvalue weighted by Crippen LogP contribution is 2.20. The van der Waals surface area contributed by atoms with Crippen molar-refractivity contribution in [2.75, 3.05) is 11.6 Å². The summed E-state index contributed by atoms with van der Waals surface area (Å²) in [6, 6.07) is 15.7. The van der Waals surface area contributed by atoms with Gasteiger partial charge in [0.05, 0.1) is 10.6 Å². The molecule has 0 bridgehead atoms. The molecule has 0 heterocycles. The molecular formula is C16H15NO3S. The van der Waals surface area contributed by atoms with Crippen molar-refractivity contribution >= 4 is 27.5 Å². The van der Waals surface area contributed by atoms with E-state index >= 15 is 0 Å². The van der Waals surface area contributed by atoms with Crippen molar-refractivity contribution in [3.8, 4) is 0 Å². The first-order valence-corrected chi connectivity index (χ1v) is 8.19. The number of hydrogen-bond donors (Lipinski definition) is 1. The van der Waals surface area contributed by atoms with Gasteiger partial charge in [0.25, 0.3) is 0 Å². The largest absolute Gasteiger partial charge is 0.321 e. The Labute approximate surface area is 124 Å². The summed E-state index contributed by atoms with van der Waals surface area (Å²) in [4.78, 5) is 12.0. The normalized spacial score (nSPS) is 11.5. The lowest BCUT2D eigenvalue weighted by Gasteiger charge is -2.07. The van der Waals surface area contributed by atoms with Gasteiger partial charge < -0.3 is 5.32 Å². The third kappa shape index (κ3) is 4.29. The van der Waals surface area contributed by atoms with E-state index in [1.54, 1.807) is 24.3 Å². The molecule has 1 N–H and O–H groups in total. The average molecular weight is 301 g/mol. The van der Waals surface area contributed by atoms with Crippen LogP contribution in [0.3, 0.4) is 0 Å². The molecule has 5 heteroatoms. The van der Waals surface area contributed by atoms with E-state index < -0.39 is 9.84 Å². The molecule has 0 saturated carbocycles. The van der Waals surface area contributed by atoms with Crippen LogP contribution in [-0.2, 0) is 14.6 Å². The minimum Gasteiger partial charge on any atom is -0.321 e. The number of benzene rings is 2. The van der Waals surface area contributed by atoms with Crippen LogP contribution >= 0.6 is 0 Å². The highest BCUT2D eigenvalue weighted by Gasteiger charge is 2.13. The highest BCUT2D eigenvalue weighted by molar-refractivity contribution is 7.90. The number of rotatable bonds is 4. The molecule has 2 aromatic carbocycles. The first-order valence-electron chi connectivity index (χ1n) is 6.30. The van der Waals surface area contributed by atoms with Crippen LogP contribution < -0.4 is 5.32 Å². The van der Waals surface area contributed by atoms with Crippen LogP contribution in [0.25, 0.3) is 6.08 Å². The predicted molar refractivity (Wildman–Crippen MR) is 83.7 cm³/mol. The van der Waals surface area contributed by atoms with Crippen LogP contribution in [0.4, 0.5) is 5.69 Å². The Morgan fingerprint density at radius 3 is 2.29 bits per heavy atom. The van der Waals surface area contributed by atoms with Gasteiger partial charge in [-0.2, -0.15) is 0 Å². The maximum atomic E-state index is 11.9. The van der Waals surface area contributed by atoms with Gasteiger partial charge in [-0.25, -0.2) is 8.42 Å². The molecule has 0 atom stereocenters. The fraction of sp³-hybridized carbons (Fsp3) is 0.0625. The Morgan fingerprint density at radius 1 is 1.00 bits per heavy atom. The van der Waals surface area contributed by atoms with E-state index in [0.29, 0.717) is 0 Å². The first-order chi connectivity index (χ1) is 9.97. The summed E-state index contributed by atoms with van der Waals surface area (Å²) >= 11 is 0. The number of hydrogen-bond acceptors (Lipinski definition) is 3. The number of sulfone groups is 1. The molecule has 21 heavy (non-hydrogen) atoms. The van der Waals surface area contributed by atoms with Gasteiger partial charge in [0.15, 0.2) is 9.84 Å². The summed E-state index contributed by atoms with van der Waals surface area (Å²) in [7, 11) is -3.39. The van der Waals surface area contributed by atoms with E-state index in [4.69, 9.17) is 0 Å². The van der Waals surface area contributed by atoms with E-state index in [1.807, 2.05) is 30.3 Å². The smallest absolute Gasteiger partial charge is 0.248 e. The van der Waals surface area contributed by atoms with Gasteiger partial charge in [0.2, 0.25) is 5.91 Å². The van der Waals surface area contributed by atoms with E-state index in [0.717, 1.165) is 11.8 Å². The molecule has 0 saturated heterocycles. The van der Waals surface area contributed by atoms with Crippen LogP contribution in [0.1, 0.15) is 5.56 Å². The lowest BCUT2D eigenvalue weighted by atomic mass is 10.2. The van der Waals surface area contributed by atoms with Crippen molar-refractivity contribution in [2.45, 2.75) is 4.90 Å². The second kappa shape index (κ2) is 6.37. The topological polar surface area (TPSA) is 63.2 Å². The molecule has 0 spiro atoms. The van der Waals surface area contributed by atoms with E-state index in [9.17, 15) is 13.2 Å². The molecule has 2 rings (SSSR count). The molecule has 2 aromatic rings. The van der Waals surface area contributed by atoms with Crippen molar-refractivity contribution in [3.63, 3.8) is 0 Å². The standard InChI is InChI=1S/C16H15NO3S/c1-21(19,20)15-10-6-5-9-14(15)17-16(18)12-11-13-7-3-2-4-8-13/h2-12H,1H3,(H,17,18). The maximum absolute atomic E-state index is 11.9. The van der Waals surface area contributed by atoms with Gasteiger partial charge in [0.1, 0.15) is 0 Å². The molecule has 108 valence electrons. The van der Waals surface area contributed by atoms with Gasteiger partial charge in [-0.15, -0.1) is 0 Å². The van der Waals surface area contributed by atoms with Crippen LogP contribution in [0.5, 0.6) is 0 Å². The Morgan fingerprint density at radius 2 is 1.62 bits per heavy atom. The third-order valence-corrected chi connectivity index (χ3v) is 3.93. The van der Waals surface area contributed by atoms with Gasteiger partial charge in [0, 0.05) is 12.3 Å². The Balaban J connectivity index is 2.16. The molecule has 0 aliphatic rings. The summed E-state index contributed by atoms with van der Waals surface area (Å²) in [5.74, 6) is -0.380. The van der Waals surface area contributed by atoms with Crippen molar-refractivity contribution < 1.29 is 13.2 Å². The minimum absolute atomic E-state index is 0.103. The Kier molecular flexibility index (Phi) is 4.55. The molecule has 4 nitrogen and oxygen atoms in total. The number of para-hydroxylation sites is 1. The summed E-state index contributed by atoms with van der Waals surface area (Å²) in [5, 5.41) is 2.58. The fourth-order valence-electron chi connectivity index (χ4n) is 1.80.